The summed E-state index contributed by atoms with van der Waals surface area (Å²) in [7, 11) is 1.79. The topological polar surface area (TPSA) is 60.9 Å². The second kappa shape index (κ2) is 6.12. The predicted octanol–water partition coefficient (Wildman–Crippen LogP) is 1.01. The van der Waals surface area contributed by atoms with Crippen molar-refractivity contribution in [3.8, 4) is 0 Å². The van der Waals surface area contributed by atoms with Crippen LogP contribution in [0.15, 0.2) is 0 Å². The van der Waals surface area contributed by atoms with Gasteiger partial charge in [-0.05, 0) is 25.7 Å². The molecule has 1 heterocycles. The van der Waals surface area contributed by atoms with E-state index in [1.165, 1.54) is 0 Å². The van der Waals surface area contributed by atoms with Gasteiger partial charge in [0.2, 0.25) is 11.8 Å². The number of carbonyl (C=O) groups is 2. The third-order valence-electron chi connectivity index (χ3n) is 4.73. The SMILES string of the molecule is CC(=O)N1CCC(C(=O)N(C)CC2(O)CCCC2)CC1. The minimum absolute atomic E-state index is 0.000558. The summed E-state index contributed by atoms with van der Waals surface area (Å²) in [6.07, 6.45) is 5.17. The van der Waals surface area contributed by atoms with Crippen molar-refractivity contribution in [1.29, 1.82) is 0 Å². The summed E-state index contributed by atoms with van der Waals surface area (Å²) in [6.45, 7) is 3.36. The molecule has 2 amide bonds. The zero-order chi connectivity index (χ0) is 14.8. The molecular formula is C15H26N2O3. The summed E-state index contributed by atoms with van der Waals surface area (Å²) < 4.78 is 0. The third kappa shape index (κ3) is 3.51. The van der Waals surface area contributed by atoms with Crippen LogP contribution in [0.2, 0.25) is 0 Å². The highest BCUT2D eigenvalue weighted by molar-refractivity contribution is 5.79. The molecule has 20 heavy (non-hydrogen) atoms. The first kappa shape index (κ1) is 15.3. The molecule has 1 saturated heterocycles. The maximum absolute atomic E-state index is 12.4. The quantitative estimate of drug-likeness (QED) is 0.840. The molecule has 114 valence electrons. The second-order valence-electron chi connectivity index (χ2n) is 6.41. The first-order valence-electron chi connectivity index (χ1n) is 7.64. The van der Waals surface area contributed by atoms with Gasteiger partial charge in [-0.3, -0.25) is 9.59 Å². The monoisotopic (exact) mass is 282 g/mol. The minimum atomic E-state index is -0.676. The number of hydrogen-bond acceptors (Lipinski definition) is 3. The number of carbonyl (C=O) groups excluding carboxylic acids is 2. The molecule has 1 N–H and O–H groups in total. The number of amides is 2. The van der Waals surface area contributed by atoms with E-state index in [0.717, 1.165) is 38.5 Å². The van der Waals surface area contributed by atoms with E-state index in [2.05, 4.69) is 0 Å². The van der Waals surface area contributed by atoms with Gasteiger partial charge in [0.1, 0.15) is 0 Å². The number of hydrogen-bond donors (Lipinski definition) is 1. The van der Waals surface area contributed by atoms with Crippen molar-refractivity contribution in [2.45, 2.75) is 51.0 Å². The van der Waals surface area contributed by atoms with Crippen LogP contribution in [-0.4, -0.2) is 59.0 Å². The Bertz CT molecular complexity index is 369. The van der Waals surface area contributed by atoms with Gasteiger partial charge in [0, 0.05) is 39.5 Å². The number of rotatable bonds is 3. The van der Waals surface area contributed by atoms with Gasteiger partial charge in [-0.25, -0.2) is 0 Å². The fraction of sp³-hybridized carbons (Fsp3) is 0.867. The van der Waals surface area contributed by atoms with Gasteiger partial charge in [0.25, 0.3) is 0 Å². The highest BCUT2D eigenvalue weighted by Crippen LogP contribution is 2.30. The fourth-order valence-electron chi connectivity index (χ4n) is 3.46. The second-order valence-corrected chi connectivity index (χ2v) is 6.41. The lowest BCUT2D eigenvalue weighted by Crippen LogP contribution is -2.47. The van der Waals surface area contributed by atoms with Crippen molar-refractivity contribution in [2.75, 3.05) is 26.7 Å². The van der Waals surface area contributed by atoms with E-state index in [4.69, 9.17) is 0 Å². The minimum Gasteiger partial charge on any atom is -0.388 e. The molecule has 0 radical (unpaired) electrons. The molecule has 5 heteroatoms. The third-order valence-corrected chi connectivity index (χ3v) is 4.73. The molecule has 2 fully saturated rings. The summed E-state index contributed by atoms with van der Waals surface area (Å²) in [5.41, 5.74) is -0.676. The standard InChI is InChI=1S/C15H26N2O3/c1-12(18)17-9-5-13(6-10-17)14(19)16(2)11-15(20)7-3-4-8-15/h13,20H,3-11H2,1-2H3. The van der Waals surface area contributed by atoms with E-state index in [0.29, 0.717) is 19.6 Å². The molecule has 1 saturated carbocycles. The largest absolute Gasteiger partial charge is 0.388 e. The Morgan fingerprint density at radius 1 is 1.25 bits per heavy atom. The van der Waals surface area contributed by atoms with Crippen molar-refractivity contribution < 1.29 is 14.7 Å². The van der Waals surface area contributed by atoms with E-state index >= 15 is 0 Å². The smallest absolute Gasteiger partial charge is 0.225 e. The van der Waals surface area contributed by atoms with Gasteiger partial charge in [-0.1, -0.05) is 12.8 Å². The zero-order valence-corrected chi connectivity index (χ0v) is 12.6. The Balaban J connectivity index is 1.83. The molecule has 1 aliphatic heterocycles. The Kier molecular flexibility index (Phi) is 4.68. The molecule has 5 nitrogen and oxygen atoms in total. The Hall–Kier alpha value is -1.10. The van der Waals surface area contributed by atoms with Crippen molar-refractivity contribution in [3.05, 3.63) is 0 Å². The van der Waals surface area contributed by atoms with Crippen molar-refractivity contribution >= 4 is 11.8 Å². The maximum atomic E-state index is 12.4. The summed E-state index contributed by atoms with van der Waals surface area (Å²) >= 11 is 0. The van der Waals surface area contributed by atoms with Crippen molar-refractivity contribution in [1.82, 2.24) is 9.80 Å². The average molecular weight is 282 g/mol. The lowest BCUT2D eigenvalue weighted by molar-refractivity contribution is -0.141. The van der Waals surface area contributed by atoms with E-state index < -0.39 is 5.60 Å². The molecule has 2 rings (SSSR count). The Labute approximate surface area is 120 Å². The zero-order valence-electron chi connectivity index (χ0n) is 12.6. The molecular weight excluding hydrogens is 256 g/mol. The molecule has 0 bridgehead atoms. The van der Waals surface area contributed by atoms with Crippen LogP contribution in [0.3, 0.4) is 0 Å². The van der Waals surface area contributed by atoms with Crippen LogP contribution in [-0.2, 0) is 9.59 Å². The molecule has 1 aliphatic carbocycles. The van der Waals surface area contributed by atoms with Gasteiger partial charge in [0.15, 0.2) is 0 Å². The number of likely N-dealkylation sites (tertiary alicyclic amines) is 1. The highest BCUT2D eigenvalue weighted by Gasteiger charge is 2.35. The molecule has 0 spiro atoms. The van der Waals surface area contributed by atoms with E-state index in [9.17, 15) is 14.7 Å². The molecule has 0 aromatic heterocycles. The lowest BCUT2D eigenvalue weighted by Gasteiger charge is -2.35. The van der Waals surface area contributed by atoms with Crippen LogP contribution < -0.4 is 0 Å². The molecule has 0 unspecified atom stereocenters. The summed E-state index contributed by atoms with van der Waals surface area (Å²) in [4.78, 5) is 27.2. The number of piperidine rings is 1. The van der Waals surface area contributed by atoms with Gasteiger partial charge in [0.05, 0.1) is 5.60 Å². The van der Waals surface area contributed by atoms with Crippen molar-refractivity contribution in [2.24, 2.45) is 5.92 Å². The highest BCUT2D eigenvalue weighted by atomic mass is 16.3. The van der Waals surface area contributed by atoms with E-state index in [1.54, 1.807) is 23.8 Å². The van der Waals surface area contributed by atoms with Gasteiger partial charge in [-0.15, -0.1) is 0 Å². The molecule has 0 aromatic carbocycles. The number of aliphatic hydroxyl groups is 1. The first-order valence-corrected chi connectivity index (χ1v) is 7.64. The van der Waals surface area contributed by atoms with Crippen LogP contribution in [0.1, 0.15) is 45.4 Å². The van der Waals surface area contributed by atoms with Crippen LogP contribution >= 0.6 is 0 Å². The lowest BCUT2D eigenvalue weighted by atomic mass is 9.94. The van der Waals surface area contributed by atoms with Gasteiger partial charge < -0.3 is 14.9 Å². The molecule has 2 aliphatic rings. The van der Waals surface area contributed by atoms with E-state index in [-0.39, 0.29) is 17.7 Å². The Morgan fingerprint density at radius 3 is 2.30 bits per heavy atom. The number of likely N-dealkylation sites (N-methyl/N-ethyl adjacent to an activating group) is 1. The summed E-state index contributed by atoms with van der Waals surface area (Å²) in [5.74, 6) is 0.207. The molecule has 0 atom stereocenters. The van der Waals surface area contributed by atoms with E-state index in [1.807, 2.05) is 0 Å². The molecule has 0 aromatic rings. The van der Waals surface area contributed by atoms with Crippen LogP contribution in [0, 0.1) is 5.92 Å². The summed E-state index contributed by atoms with van der Waals surface area (Å²) in [5, 5.41) is 10.4. The first-order chi connectivity index (χ1) is 9.41. The average Bonchev–Trinajstić information content (AvgIpc) is 2.84. The number of nitrogens with zero attached hydrogens (tertiary/aromatic N) is 2. The fourth-order valence-corrected chi connectivity index (χ4v) is 3.46. The van der Waals surface area contributed by atoms with Gasteiger partial charge >= 0.3 is 0 Å². The van der Waals surface area contributed by atoms with Crippen molar-refractivity contribution in [3.63, 3.8) is 0 Å². The summed E-state index contributed by atoms with van der Waals surface area (Å²) in [6, 6.07) is 0. The van der Waals surface area contributed by atoms with Crippen LogP contribution in [0.5, 0.6) is 0 Å². The van der Waals surface area contributed by atoms with Gasteiger partial charge in [-0.2, -0.15) is 0 Å². The van der Waals surface area contributed by atoms with Crippen LogP contribution in [0.4, 0.5) is 0 Å². The maximum Gasteiger partial charge on any atom is 0.225 e. The normalized spacial score (nSPS) is 22.9. The predicted molar refractivity (Wildman–Crippen MR) is 76.0 cm³/mol. The van der Waals surface area contributed by atoms with Crippen LogP contribution in [0.25, 0.3) is 0 Å². The Morgan fingerprint density at radius 2 is 1.80 bits per heavy atom.